The molecule has 0 fully saturated rings. The standard InChI is InChI=1S/C22H12ClN5O4S/c23-17-10-13(28(30)31)6-8-15(17)18-9-7-14(32-18)11-16-19(24)27-22(25-20(16)29)33-21(26-27)12-4-2-1-3-5-12/h1-11,24H. The third kappa shape index (κ3) is 3.86. The van der Waals surface area contributed by atoms with Crippen molar-refractivity contribution < 1.29 is 14.1 Å². The number of amides is 1. The number of rotatable bonds is 4. The van der Waals surface area contributed by atoms with Gasteiger partial charge in [0.2, 0.25) is 5.17 Å². The molecule has 0 saturated carbocycles. The highest BCUT2D eigenvalue weighted by Crippen LogP contribution is 2.34. The summed E-state index contributed by atoms with van der Waals surface area (Å²) in [5.74, 6) is -0.0311. The second-order valence-corrected chi connectivity index (χ2v) is 8.28. The lowest BCUT2D eigenvalue weighted by Crippen LogP contribution is -2.35. The predicted octanol–water partition coefficient (Wildman–Crippen LogP) is 5.18. The smallest absolute Gasteiger partial charge is 0.283 e. The number of carbonyl (C=O) groups excluding carboxylic acids is 1. The quantitative estimate of drug-likeness (QED) is 0.313. The van der Waals surface area contributed by atoms with E-state index in [-0.39, 0.29) is 22.1 Å². The molecule has 3 aromatic rings. The molecule has 9 nitrogen and oxygen atoms in total. The van der Waals surface area contributed by atoms with E-state index >= 15 is 0 Å². The van der Waals surface area contributed by atoms with Gasteiger partial charge in [-0.25, -0.2) is 0 Å². The van der Waals surface area contributed by atoms with Crippen molar-refractivity contribution in [2.45, 2.75) is 0 Å². The number of hydrogen-bond donors (Lipinski definition) is 1. The Kier molecular flexibility index (Phi) is 5.15. The Balaban J connectivity index is 1.44. The Bertz CT molecular complexity index is 1430. The zero-order valence-corrected chi connectivity index (χ0v) is 18.1. The zero-order chi connectivity index (χ0) is 23.1. The first-order chi connectivity index (χ1) is 15.9. The van der Waals surface area contributed by atoms with E-state index in [0.717, 1.165) is 5.56 Å². The molecule has 11 heteroatoms. The van der Waals surface area contributed by atoms with Gasteiger partial charge in [-0.2, -0.15) is 15.1 Å². The van der Waals surface area contributed by atoms with Gasteiger partial charge in [-0.15, -0.1) is 0 Å². The lowest BCUT2D eigenvalue weighted by molar-refractivity contribution is -0.384. The van der Waals surface area contributed by atoms with Gasteiger partial charge in [-0.05, 0) is 36.0 Å². The molecule has 1 N–H and O–H groups in total. The van der Waals surface area contributed by atoms with Gasteiger partial charge in [0.1, 0.15) is 16.6 Å². The van der Waals surface area contributed by atoms with Crippen molar-refractivity contribution in [2.75, 3.05) is 0 Å². The lowest BCUT2D eigenvalue weighted by atomic mass is 10.1. The lowest BCUT2D eigenvalue weighted by Gasteiger charge is -2.19. The molecule has 5 rings (SSSR count). The van der Waals surface area contributed by atoms with E-state index in [4.69, 9.17) is 21.4 Å². The summed E-state index contributed by atoms with van der Waals surface area (Å²) in [5, 5.41) is 26.3. The van der Waals surface area contributed by atoms with Gasteiger partial charge >= 0.3 is 0 Å². The van der Waals surface area contributed by atoms with Crippen molar-refractivity contribution in [3.8, 4) is 11.3 Å². The number of nitro groups is 1. The highest BCUT2D eigenvalue weighted by Gasteiger charge is 2.36. The Morgan fingerprint density at radius 1 is 1.15 bits per heavy atom. The maximum Gasteiger partial charge on any atom is 0.283 e. The number of fused-ring (bicyclic) bond motifs is 1. The number of hydrazone groups is 1. The average molecular weight is 478 g/mol. The number of non-ortho nitro benzene ring substituents is 1. The van der Waals surface area contributed by atoms with Crippen LogP contribution < -0.4 is 0 Å². The maximum atomic E-state index is 12.6. The van der Waals surface area contributed by atoms with Crippen LogP contribution >= 0.6 is 23.4 Å². The van der Waals surface area contributed by atoms with Gasteiger partial charge in [-0.1, -0.05) is 41.9 Å². The highest BCUT2D eigenvalue weighted by molar-refractivity contribution is 8.27. The van der Waals surface area contributed by atoms with E-state index in [2.05, 4.69) is 10.1 Å². The van der Waals surface area contributed by atoms with Crippen molar-refractivity contribution in [1.82, 2.24) is 5.01 Å². The van der Waals surface area contributed by atoms with Crippen LogP contribution in [0.3, 0.4) is 0 Å². The minimum atomic E-state index is -0.574. The number of amidine groups is 2. The number of benzene rings is 2. The SMILES string of the molecule is N=C1C(=Cc2ccc(-c3ccc([N+](=O)[O-])cc3Cl)o2)C(=O)N=C2SC(c3ccccc3)=NN12. The number of hydrogen-bond acceptors (Lipinski definition) is 7. The van der Waals surface area contributed by atoms with E-state index in [1.165, 1.54) is 41.0 Å². The fourth-order valence-electron chi connectivity index (χ4n) is 3.22. The Hall–Kier alpha value is -4.02. The summed E-state index contributed by atoms with van der Waals surface area (Å²) >= 11 is 7.39. The number of nitro benzene ring substituents is 1. The van der Waals surface area contributed by atoms with Crippen LogP contribution in [0, 0.1) is 15.5 Å². The molecule has 3 heterocycles. The van der Waals surface area contributed by atoms with Gasteiger partial charge in [0.15, 0.2) is 5.84 Å². The fraction of sp³-hybridized carbons (Fsp3) is 0. The van der Waals surface area contributed by atoms with Gasteiger partial charge in [0.05, 0.1) is 15.5 Å². The molecule has 0 atom stereocenters. The number of halogens is 1. The van der Waals surface area contributed by atoms with Crippen LogP contribution in [0.4, 0.5) is 5.69 Å². The molecule has 0 saturated heterocycles. The molecule has 0 spiro atoms. The predicted molar refractivity (Wildman–Crippen MR) is 126 cm³/mol. The summed E-state index contributed by atoms with van der Waals surface area (Å²) in [5.41, 5.74) is 1.21. The van der Waals surface area contributed by atoms with Crippen LogP contribution in [-0.4, -0.2) is 31.9 Å². The minimum absolute atomic E-state index is 0.0214. The van der Waals surface area contributed by atoms with E-state index in [1.54, 1.807) is 12.1 Å². The van der Waals surface area contributed by atoms with Crippen LogP contribution in [0.1, 0.15) is 11.3 Å². The Labute approximate surface area is 195 Å². The summed E-state index contributed by atoms with van der Waals surface area (Å²) in [6.07, 6.45) is 1.41. The Morgan fingerprint density at radius 2 is 1.94 bits per heavy atom. The second-order valence-electron chi connectivity index (χ2n) is 6.91. The summed E-state index contributed by atoms with van der Waals surface area (Å²) in [6, 6.07) is 16.7. The minimum Gasteiger partial charge on any atom is -0.457 e. The monoisotopic (exact) mass is 477 g/mol. The third-order valence-electron chi connectivity index (χ3n) is 4.82. The second kappa shape index (κ2) is 8.15. The Morgan fingerprint density at radius 3 is 2.67 bits per heavy atom. The van der Waals surface area contributed by atoms with E-state index in [1.807, 2.05) is 30.3 Å². The molecule has 2 aromatic carbocycles. The van der Waals surface area contributed by atoms with Crippen LogP contribution in [0.25, 0.3) is 17.4 Å². The van der Waals surface area contributed by atoms with Crippen molar-refractivity contribution >= 4 is 57.1 Å². The van der Waals surface area contributed by atoms with Gasteiger partial charge in [0.25, 0.3) is 11.6 Å². The number of nitrogens with zero attached hydrogens (tertiary/aromatic N) is 4. The molecular formula is C22H12ClN5O4S. The van der Waals surface area contributed by atoms with Gasteiger partial charge in [-0.3, -0.25) is 20.3 Å². The first-order valence-corrected chi connectivity index (χ1v) is 10.7. The van der Waals surface area contributed by atoms with E-state index < -0.39 is 10.8 Å². The molecule has 33 heavy (non-hydrogen) atoms. The van der Waals surface area contributed by atoms with E-state index in [0.29, 0.717) is 27.3 Å². The van der Waals surface area contributed by atoms with Crippen LogP contribution in [0.15, 0.2) is 80.7 Å². The van der Waals surface area contributed by atoms with E-state index in [9.17, 15) is 14.9 Å². The molecule has 0 aliphatic carbocycles. The molecule has 0 unspecified atom stereocenters. The largest absolute Gasteiger partial charge is 0.457 e. The van der Waals surface area contributed by atoms with Crippen LogP contribution in [0.5, 0.6) is 0 Å². The molecular weight excluding hydrogens is 466 g/mol. The molecule has 2 aliphatic rings. The summed E-state index contributed by atoms with van der Waals surface area (Å²) < 4.78 is 5.76. The third-order valence-corrected chi connectivity index (χ3v) is 6.09. The number of nitrogens with one attached hydrogen (secondary N) is 1. The number of carbonyl (C=O) groups is 1. The molecule has 162 valence electrons. The van der Waals surface area contributed by atoms with Crippen LogP contribution in [-0.2, 0) is 4.79 Å². The topological polar surface area (TPSA) is 125 Å². The van der Waals surface area contributed by atoms with Crippen LogP contribution in [0.2, 0.25) is 5.02 Å². The fourth-order valence-corrected chi connectivity index (χ4v) is 4.39. The normalized spacial score (nSPS) is 16.6. The summed E-state index contributed by atoms with van der Waals surface area (Å²) in [7, 11) is 0. The first kappa shape index (κ1) is 20.9. The molecule has 1 amide bonds. The number of thioether (sulfide) groups is 1. The first-order valence-electron chi connectivity index (χ1n) is 9.50. The highest BCUT2D eigenvalue weighted by atomic mass is 35.5. The molecule has 2 aliphatic heterocycles. The maximum absolute atomic E-state index is 12.6. The molecule has 0 bridgehead atoms. The summed E-state index contributed by atoms with van der Waals surface area (Å²) in [4.78, 5) is 27.1. The van der Waals surface area contributed by atoms with Crippen molar-refractivity contribution in [3.63, 3.8) is 0 Å². The average Bonchev–Trinajstić information content (AvgIpc) is 3.44. The van der Waals surface area contributed by atoms with Gasteiger partial charge < -0.3 is 4.42 Å². The number of aliphatic imine (C=N–C) groups is 1. The van der Waals surface area contributed by atoms with Gasteiger partial charge in [0, 0.05) is 23.3 Å². The van der Waals surface area contributed by atoms with Crippen molar-refractivity contribution in [2.24, 2.45) is 10.1 Å². The van der Waals surface area contributed by atoms with Crippen molar-refractivity contribution in [1.29, 1.82) is 5.41 Å². The van der Waals surface area contributed by atoms with Crippen molar-refractivity contribution in [3.05, 3.63) is 92.7 Å². The summed E-state index contributed by atoms with van der Waals surface area (Å²) in [6.45, 7) is 0. The molecule has 1 aromatic heterocycles. The molecule has 0 radical (unpaired) electrons. The number of furan rings is 1. The zero-order valence-electron chi connectivity index (χ0n) is 16.6.